The monoisotopic (exact) mass is 379 g/mol. The zero-order valence-corrected chi connectivity index (χ0v) is 14.2. The highest BCUT2D eigenvalue weighted by Crippen LogP contribution is 2.32. The molecule has 3 heterocycles. The van der Waals surface area contributed by atoms with Crippen molar-refractivity contribution in [2.45, 2.75) is 17.1 Å². The van der Waals surface area contributed by atoms with Gasteiger partial charge in [-0.2, -0.15) is 18.2 Å². The maximum absolute atomic E-state index is 12.8. The summed E-state index contributed by atoms with van der Waals surface area (Å²) in [5.41, 5.74) is 1.44. The van der Waals surface area contributed by atoms with Gasteiger partial charge in [-0.3, -0.25) is 0 Å². The predicted molar refractivity (Wildman–Crippen MR) is 91.1 cm³/mol. The van der Waals surface area contributed by atoms with Gasteiger partial charge < -0.3 is 14.7 Å². The molecule has 0 amide bonds. The van der Waals surface area contributed by atoms with Crippen molar-refractivity contribution in [3.8, 4) is 5.88 Å². The fourth-order valence-electron chi connectivity index (χ4n) is 2.47. The number of ether oxygens (including phenoxy) is 1. The molecule has 0 saturated heterocycles. The van der Waals surface area contributed by atoms with Crippen molar-refractivity contribution in [2.24, 2.45) is 0 Å². The third kappa shape index (κ3) is 3.19. The van der Waals surface area contributed by atoms with Gasteiger partial charge in [-0.05, 0) is 24.3 Å². The number of H-pyrrole nitrogens is 2. The van der Waals surface area contributed by atoms with Gasteiger partial charge in [-0.1, -0.05) is 11.8 Å². The molecule has 0 fully saturated rings. The minimum absolute atomic E-state index is 0.346. The smallest absolute Gasteiger partial charge is 0.416 e. The van der Waals surface area contributed by atoms with Gasteiger partial charge in [0.15, 0.2) is 10.8 Å². The molecule has 0 atom stereocenters. The Bertz CT molecular complexity index is 1090. The summed E-state index contributed by atoms with van der Waals surface area (Å²) in [5, 5.41) is 0.519. The van der Waals surface area contributed by atoms with Crippen molar-refractivity contribution in [3.05, 3.63) is 41.7 Å². The van der Waals surface area contributed by atoms with Gasteiger partial charge in [0.25, 0.3) is 0 Å². The lowest BCUT2D eigenvalue weighted by Gasteiger charge is -2.05. The van der Waals surface area contributed by atoms with E-state index in [1.54, 1.807) is 6.07 Å². The number of thioether (sulfide) groups is 1. The Morgan fingerprint density at radius 1 is 1.04 bits per heavy atom. The molecule has 0 saturated carbocycles. The average Bonchev–Trinajstić information content (AvgIpc) is 3.20. The standard InChI is InChI=1S/C16H12F3N5OS/c1-25-13-5-4-10-14(24-13)23-12(20-10)7-26-15-21-9-3-2-8(16(17,18)19)6-11(9)22-15/h2-6H,7H2,1H3,(H,21,22)(H,20,23,24). The molecule has 4 rings (SSSR count). The normalized spacial score (nSPS) is 12.2. The molecule has 0 aliphatic heterocycles. The molecular formula is C16H12F3N5OS. The fraction of sp³-hybridized carbons (Fsp3) is 0.188. The Labute approximate surface area is 149 Å². The van der Waals surface area contributed by atoms with Crippen molar-refractivity contribution >= 4 is 34.0 Å². The van der Waals surface area contributed by atoms with E-state index in [4.69, 9.17) is 4.74 Å². The van der Waals surface area contributed by atoms with E-state index in [2.05, 4.69) is 24.9 Å². The van der Waals surface area contributed by atoms with Crippen LogP contribution < -0.4 is 4.74 Å². The molecular weight excluding hydrogens is 367 g/mol. The number of pyridine rings is 1. The average molecular weight is 379 g/mol. The minimum Gasteiger partial charge on any atom is -0.481 e. The van der Waals surface area contributed by atoms with Crippen LogP contribution in [0, 0.1) is 0 Å². The lowest BCUT2D eigenvalue weighted by molar-refractivity contribution is -0.137. The van der Waals surface area contributed by atoms with E-state index in [-0.39, 0.29) is 0 Å². The van der Waals surface area contributed by atoms with E-state index < -0.39 is 11.7 Å². The zero-order valence-electron chi connectivity index (χ0n) is 13.4. The van der Waals surface area contributed by atoms with Gasteiger partial charge in [0.05, 0.1) is 35.0 Å². The first kappa shape index (κ1) is 16.7. The molecule has 0 bridgehead atoms. The van der Waals surface area contributed by atoms with Gasteiger partial charge in [0.2, 0.25) is 5.88 Å². The Morgan fingerprint density at radius 3 is 2.65 bits per heavy atom. The number of aromatic nitrogens is 5. The Kier molecular flexibility index (Phi) is 3.98. The molecule has 134 valence electrons. The van der Waals surface area contributed by atoms with Gasteiger partial charge in [-0.15, -0.1) is 0 Å². The molecule has 0 aliphatic carbocycles. The molecule has 0 spiro atoms. The largest absolute Gasteiger partial charge is 0.481 e. The summed E-state index contributed by atoms with van der Waals surface area (Å²) >= 11 is 1.34. The second-order valence-corrected chi connectivity index (χ2v) is 6.43. The summed E-state index contributed by atoms with van der Waals surface area (Å²) in [6, 6.07) is 6.99. The number of benzene rings is 1. The highest BCUT2D eigenvalue weighted by Gasteiger charge is 2.30. The summed E-state index contributed by atoms with van der Waals surface area (Å²) < 4.78 is 43.4. The minimum atomic E-state index is -4.38. The number of aromatic amines is 2. The van der Waals surface area contributed by atoms with Crippen LogP contribution in [0.1, 0.15) is 11.4 Å². The van der Waals surface area contributed by atoms with Crippen LogP contribution in [0.15, 0.2) is 35.5 Å². The number of imidazole rings is 2. The number of nitrogens with one attached hydrogen (secondary N) is 2. The van der Waals surface area contributed by atoms with Crippen molar-refractivity contribution in [1.82, 2.24) is 24.9 Å². The van der Waals surface area contributed by atoms with Crippen LogP contribution in [-0.2, 0) is 11.9 Å². The molecule has 6 nitrogen and oxygen atoms in total. The molecule has 0 aliphatic rings. The van der Waals surface area contributed by atoms with Crippen LogP contribution in [0.5, 0.6) is 5.88 Å². The highest BCUT2D eigenvalue weighted by molar-refractivity contribution is 7.98. The molecule has 26 heavy (non-hydrogen) atoms. The third-order valence-corrected chi connectivity index (χ3v) is 4.60. The summed E-state index contributed by atoms with van der Waals surface area (Å²) in [5.74, 6) is 1.62. The number of halogens is 3. The first-order valence-corrected chi connectivity index (χ1v) is 8.50. The number of methoxy groups -OCH3 is 1. The maximum Gasteiger partial charge on any atom is 0.416 e. The van der Waals surface area contributed by atoms with Crippen LogP contribution in [0.2, 0.25) is 0 Å². The Morgan fingerprint density at radius 2 is 1.88 bits per heavy atom. The Hall–Kier alpha value is -2.75. The molecule has 0 radical (unpaired) electrons. The number of hydrogen-bond acceptors (Lipinski definition) is 5. The molecule has 1 aromatic carbocycles. The van der Waals surface area contributed by atoms with Gasteiger partial charge in [0, 0.05) is 6.07 Å². The van der Waals surface area contributed by atoms with E-state index >= 15 is 0 Å². The molecule has 4 aromatic rings. The first-order chi connectivity index (χ1) is 12.4. The number of alkyl halides is 3. The number of rotatable bonds is 4. The molecule has 0 unspecified atom stereocenters. The van der Waals surface area contributed by atoms with Crippen molar-refractivity contribution in [1.29, 1.82) is 0 Å². The van der Waals surface area contributed by atoms with Crippen molar-refractivity contribution in [2.75, 3.05) is 7.11 Å². The second-order valence-electron chi connectivity index (χ2n) is 5.47. The van der Waals surface area contributed by atoms with Crippen LogP contribution >= 0.6 is 11.8 Å². The first-order valence-electron chi connectivity index (χ1n) is 7.52. The summed E-state index contributed by atoms with van der Waals surface area (Å²) in [6.45, 7) is 0. The summed E-state index contributed by atoms with van der Waals surface area (Å²) in [6.07, 6.45) is -4.38. The quantitative estimate of drug-likeness (QED) is 0.521. The second kappa shape index (κ2) is 6.20. The van der Waals surface area contributed by atoms with Gasteiger partial charge in [-0.25, -0.2) is 9.97 Å². The van der Waals surface area contributed by atoms with E-state index in [1.165, 1.54) is 24.9 Å². The van der Waals surface area contributed by atoms with E-state index in [0.717, 1.165) is 17.6 Å². The predicted octanol–water partition coefficient (Wildman–Crippen LogP) is 4.15. The number of nitrogens with zero attached hydrogens (tertiary/aromatic N) is 3. The van der Waals surface area contributed by atoms with E-state index in [0.29, 0.717) is 39.3 Å². The SMILES string of the molecule is COc1ccc2[nH]c(CSc3nc4ccc(C(F)(F)F)cc4[nH]3)nc2n1. The topological polar surface area (TPSA) is 79.5 Å². The summed E-state index contributed by atoms with van der Waals surface area (Å²) in [7, 11) is 1.53. The van der Waals surface area contributed by atoms with Crippen LogP contribution in [0.3, 0.4) is 0 Å². The lowest BCUT2D eigenvalue weighted by Crippen LogP contribution is -2.04. The molecule has 3 aromatic heterocycles. The van der Waals surface area contributed by atoms with E-state index in [1.807, 2.05) is 6.07 Å². The van der Waals surface area contributed by atoms with Crippen LogP contribution in [0.4, 0.5) is 13.2 Å². The summed E-state index contributed by atoms with van der Waals surface area (Å²) in [4.78, 5) is 19.0. The van der Waals surface area contributed by atoms with Gasteiger partial charge >= 0.3 is 6.18 Å². The molecule has 2 N–H and O–H groups in total. The number of fused-ring (bicyclic) bond motifs is 2. The van der Waals surface area contributed by atoms with E-state index in [9.17, 15) is 13.2 Å². The third-order valence-electron chi connectivity index (χ3n) is 3.71. The van der Waals surface area contributed by atoms with Gasteiger partial charge in [0.1, 0.15) is 5.82 Å². The van der Waals surface area contributed by atoms with Crippen molar-refractivity contribution in [3.63, 3.8) is 0 Å². The zero-order chi connectivity index (χ0) is 18.3. The fourth-order valence-corrected chi connectivity index (χ4v) is 3.23. The van der Waals surface area contributed by atoms with Crippen molar-refractivity contribution < 1.29 is 17.9 Å². The number of hydrogen-bond donors (Lipinski definition) is 2. The Balaban J connectivity index is 1.54. The highest BCUT2D eigenvalue weighted by atomic mass is 32.2. The lowest BCUT2D eigenvalue weighted by atomic mass is 10.2. The van der Waals surface area contributed by atoms with Crippen LogP contribution in [-0.4, -0.2) is 32.0 Å². The molecule has 10 heteroatoms. The maximum atomic E-state index is 12.8. The van der Waals surface area contributed by atoms with Crippen LogP contribution in [0.25, 0.3) is 22.2 Å².